The Kier molecular flexibility index (Phi) is 3.48. The zero-order valence-electron chi connectivity index (χ0n) is 10.7. The van der Waals surface area contributed by atoms with Gasteiger partial charge in [0.25, 0.3) is 10.0 Å². The highest BCUT2D eigenvalue weighted by Crippen LogP contribution is 2.24. The average Bonchev–Trinajstić information content (AvgIpc) is 2.46. The molecule has 0 amide bonds. The molecule has 0 aliphatic rings. The molecule has 0 aliphatic carbocycles. The molecule has 0 spiro atoms. The minimum Gasteiger partial charge on any atom is -0.264 e. The van der Waals surface area contributed by atoms with Crippen LogP contribution >= 0.6 is 11.6 Å². The SMILES string of the molecule is O=S(=O)(Nc1cc(Cl)ccn1)c1cccc2cnccc12. The van der Waals surface area contributed by atoms with Gasteiger partial charge in [0, 0.05) is 40.5 Å². The number of nitrogens with one attached hydrogen (secondary N) is 1. The molecule has 0 bridgehead atoms. The first kappa shape index (κ1) is 13.8. The molecule has 5 nitrogen and oxygen atoms in total. The van der Waals surface area contributed by atoms with Gasteiger partial charge in [0.15, 0.2) is 0 Å². The molecule has 3 rings (SSSR count). The second-order valence-corrected chi connectivity index (χ2v) is 6.41. The van der Waals surface area contributed by atoms with Crippen LogP contribution in [-0.2, 0) is 10.0 Å². The van der Waals surface area contributed by atoms with Crippen molar-refractivity contribution in [1.82, 2.24) is 9.97 Å². The van der Waals surface area contributed by atoms with Crippen molar-refractivity contribution in [3.05, 3.63) is 60.0 Å². The summed E-state index contributed by atoms with van der Waals surface area (Å²) < 4.78 is 27.4. The summed E-state index contributed by atoms with van der Waals surface area (Å²) in [6.45, 7) is 0. The van der Waals surface area contributed by atoms with Crippen LogP contribution in [0, 0.1) is 0 Å². The maximum atomic E-state index is 12.5. The standard InChI is InChI=1S/C14H10ClN3O2S/c15-11-4-7-17-14(8-11)18-21(19,20)13-3-1-2-10-9-16-6-5-12(10)13/h1-9H,(H,17,18). The van der Waals surface area contributed by atoms with Crippen molar-refractivity contribution in [1.29, 1.82) is 0 Å². The van der Waals surface area contributed by atoms with Gasteiger partial charge in [-0.25, -0.2) is 13.4 Å². The van der Waals surface area contributed by atoms with E-state index in [0.717, 1.165) is 5.39 Å². The van der Waals surface area contributed by atoms with Crippen LogP contribution in [0.2, 0.25) is 5.02 Å². The molecule has 7 heteroatoms. The van der Waals surface area contributed by atoms with Crippen LogP contribution in [0.1, 0.15) is 0 Å². The highest BCUT2D eigenvalue weighted by atomic mass is 35.5. The van der Waals surface area contributed by atoms with Crippen molar-refractivity contribution in [3.63, 3.8) is 0 Å². The Labute approximate surface area is 126 Å². The maximum Gasteiger partial charge on any atom is 0.263 e. The van der Waals surface area contributed by atoms with Crippen molar-refractivity contribution in [2.24, 2.45) is 0 Å². The zero-order chi connectivity index (χ0) is 14.9. The first-order chi connectivity index (χ1) is 10.1. The van der Waals surface area contributed by atoms with E-state index in [1.807, 2.05) is 0 Å². The number of pyridine rings is 2. The lowest BCUT2D eigenvalue weighted by Crippen LogP contribution is -2.14. The summed E-state index contributed by atoms with van der Waals surface area (Å²) in [6.07, 6.45) is 4.61. The Bertz CT molecular complexity index is 907. The number of rotatable bonds is 3. The summed E-state index contributed by atoms with van der Waals surface area (Å²) in [7, 11) is -3.76. The topological polar surface area (TPSA) is 72.0 Å². The molecule has 0 saturated heterocycles. The lowest BCUT2D eigenvalue weighted by molar-refractivity contribution is 0.602. The van der Waals surface area contributed by atoms with E-state index in [0.29, 0.717) is 10.4 Å². The Morgan fingerprint density at radius 3 is 2.76 bits per heavy atom. The lowest BCUT2D eigenvalue weighted by atomic mass is 10.2. The first-order valence-electron chi connectivity index (χ1n) is 6.03. The van der Waals surface area contributed by atoms with E-state index in [2.05, 4.69) is 14.7 Å². The van der Waals surface area contributed by atoms with Crippen molar-refractivity contribution in [3.8, 4) is 0 Å². The Balaban J connectivity index is 2.09. The van der Waals surface area contributed by atoms with Gasteiger partial charge < -0.3 is 0 Å². The van der Waals surface area contributed by atoms with Gasteiger partial charge in [-0.15, -0.1) is 0 Å². The molecule has 0 radical (unpaired) electrons. The van der Waals surface area contributed by atoms with E-state index >= 15 is 0 Å². The number of aromatic nitrogens is 2. The molecule has 0 saturated carbocycles. The van der Waals surface area contributed by atoms with Gasteiger partial charge in [-0.2, -0.15) is 0 Å². The van der Waals surface area contributed by atoms with Gasteiger partial charge in [0.1, 0.15) is 5.82 Å². The van der Waals surface area contributed by atoms with Gasteiger partial charge in [-0.05, 0) is 18.2 Å². The van der Waals surface area contributed by atoms with Crippen molar-refractivity contribution in [2.45, 2.75) is 4.90 Å². The fourth-order valence-corrected chi connectivity index (χ4v) is 3.37. The Morgan fingerprint density at radius 1 is 1.10 bits per heavy atom. The quantitative estimate of drug-likeness (QED) is 0.805. The van der Waals surface area contributed by atoms with Gasteiger partial charge in [-0.1, -0.05) is 23.7 Å². The van der Waals surface area contributed by atoms with Crippen LogP contribution < -0.4 is 4.72 Å². The number of nitrogens with zero attached hydrogens (tertiary/aromatic N) is 2. The van der Waals surface area contributed by atoms with Gasteiger partial charge in [-0.3, -0.25) is 9.71 Å². The molecule has 2 heterocycles. The number of anilines is 1. The van der Waals surface area contributed by atoms with Crippen LogP contribution in [0.3, 0.4) is 0 Å². The third-order valence-corrected chi connectivity index (χ3v) is 4.54. The number of benzene rings is 1. The molecule has 0 atom stereocenters. The van der Waals surface area contributed by atoms with E-state index < -0.39 is 10.0 Å². The minimum absolute atomic E-state index is 0.171. The molecule has 2 aromatic heterocycles. The molecular weight excluding hydrogens is 310 g/mol. The van der Waals surface area contributed by atoms with Crippen LogP contribution in [0.4, 0.5) is 5.82 Å². The summed E-state index contributed by atoms with van der Waals surface area (Å²) in [6, 6.07) is 9.70. The molecule has 106 valence electrons. The van der Waals surface area contributed by atoms with Crippen LogP contribution in [0.5, 0.6) is 0 Å². The van der Waals surface area contributed by atoms with Gasteiger partial charge in [0.2, 0.25) is 0 Å². The summed E-state index contributed by atoms with van der Waals surface area (Å²) in [5.74, 6) is 0.175. The van der Waals surface area contributed by atoms with E-state index in [1.54, 1.807) is 36.7 Å². The first-order valence-corrected chi connectivity index (χ1v) is 7.89. The molecule has 0 fully saturated rings. The average molecular weight is 320 g/mol. The van der Waals surface area contributed by atoms with E-state index in [1.165, 1.54) is 18.3 Å². The Hall–Kier alpha value is -2.18. The van der Waals surface area contributed by atoms with E-state index in [-0.39, 0.29) is 10.7 Å². The molecule has 0 unspecified atom stereocenters. The fraction of sp³-hybridized carbons (Fsp3) is 0. The van der Waals surface area contributed by atoms with E-state index in [9.17, 15) is 8.42 Å². The monoisotopic (exact) mass is 319 g/mol. The maximum absolute atomic E-state index is 12.5. The van der Waals surface area contributed by atoms with Crippen LogP contribution in [0.15, 0.2) is 59.9 Å². The summed E-state index contributed by atoms with van der Waals surface area (Å²) in [5, 5.41) is 1.76. The molecule has 1 N–H and O–H groups in total. The number of halogens is 1. The number of sulfonamides is 1. The Morgan fingerprint density at radius 2 is 1.95 bits per heavy atom. The number of hydrogen-bond acceptors (Lipinski definition) is 4. The summed E-state index contributed by atoms with van der Waals surface area (Å²) in [5.41, 5.74) is 0. The number of hydrogen-bond donors (Lipinski definition) is 1. The molecular formula is C14H10ClN3O2S. The largest absolute Gasteiger partial charge is 0.264 e. The minimum atomic E-state index is -3.76. The molecule has 0 aliphatic heterocycles. The van der Waals surface area contributed by atoms with Crippen LogP contribution in [0.25, 0.3) is 10.8 Å². The third kappa shape index (κ3) is 2.81. The lowest BCUT2D eigenvalue weighted by Gasteiger charge is -2.09. The summed E-state index contributed by atoms with van der Waals surface area (Å²) >= 11 is 5.83. The summed E-state index contributed by atoms with van der Waals surface area (Å²) in [4.78, 5) is 8.10. The van der Waals surface area contributed by atoms with Crippen LogP contribution in [-0.4, -0.2) is 18.4 Å². The predicted molar refractivity (Wildman–Crippen MR) is 81.8 cm³/mol. The second-order valence-electron chi connectivity index (χ2n) is 4.32. The normalized spacial score (nSPS) is 11.5. The molecule has 21 heavy (non-hydrogen) atoms. The number of fused-ring (bicyclic) bond motifs is 1. The van der Waals surface area contributed by atoms with Crippen molar-refractivity contribution >= 4 is 38.2 Å². The second kappa shape index (κ2) is 5.31. The zero-order valence-corrected chi connectivity index (χ0v) is 12.3. The van der Waals surface area contributed by atoms with Gasteiger partial charge in [0.05, 0.1) is 4.90 Å². The smallest absolute Gasteiger partial charge is 0.263 e. The molecule has 1 aromatic carbocycles. The van der Waals surface area contributed by atoms with E-state index in [4.69, 9.17) is 11.6 Å². The van der Waals surface area contributed by atoms with Crippen molar-refractivity contribution in [2.75, 3.05) is 4.72 Å². The van der Waals surface area contributed by atoms with Crippen molar-refractivity contribution < 1.29 is 8.42 Å². The fourth-order valence-electron chi connectivity index (χ4n) is 1.98. The van der Waals surface area contributed by atoms with Gasteiger partial charge >= 0.3 is 0 Å². The molecule has 3 aromatic rings. The third-order valence-electron chi connectivity index (χ3n) is 2.89. The highest BCUT2D eigenvalue weighted by molar-refractivity contribution is 7.93. The predicted octanol–water partition coefficient (Wildman–Crippen LogP) is 3.08. The highest BCUT2D eigenvalue weighted by Gasteiger charge is 2.17.